The van der Waals surface area contributed by atoms with Gasteiger partial charge in [0.1, 0.15) is 0 Å². The molecule has 1 aromatic rings. The van der Waals surface area contributed by atoms with Gasteiger partial charge in [-0.1, -0.05) is 22.9 Å². The van der Waals surface area contributed by atoms with Crippen molar-refractivity contribution < 1.29 is 0 Å². The van der Waals surface area contributed by atoms with E-state index in [1.54, 1.807) is 0 Å². The first-order chi connectivity index (χ1) is 7.16. The lowest BCUT2D eigenvalue weighted by atomic mass is 9.93. The lowest BCUT2D eigenvalue weighted by Gasteiger charge is -2.16. The summed E-state index contributed by atoms with van der Waals surface area (Å²) in [7, 11) is 0. The average Bonchev–Trinajstić information content (AvgIpc) is 2.53. The molecule has 0 radical (unpaired) electrons. The molecule has 1 heterocycles. The van der Waals surface area contributed by atoms with E-state index in [9.17, 15) is 0 Å². The molecule has 1 nitrogen and oxygen atoms in total. The topological polar surface area (TPSA) is 12.9 Å². The van der Waals surface area contributed by atoms with Crippen LogP contribution in [0.15, 0.2) is 22.8 Å². The van der Waals surface area contributed by atoms with Gasteiger partial charge in [0, 0.05) is 21.2 Å². The second kappa shape index (κ2) is 4.96. The minimum atomic E-state index is 0.706. The minimum Gasteiger partial charge on any atom is -0.260 e. The van der Waals surface area contributed by atoms with Crippen molar-refractivity contribution in [3.8, 4) is 0 Å². The minimum absolute atomic E-state index is 0.706. The SMILES string of the molecule is CC1C(Br)CCC1Cc1ccc(Br)cn1. The van der Waals surface area contributed by atoms with Crippen LogP contribution in [0.2, 0.25) is 0 Å². The van der Waals surface area contributed by atoms with Crippen LogP contribution >= 0.6 is 31.9 Å². The van der Waals surface area contributed by atoms with E-state index in [0.717, 1.165) is 22.7 Å². The van der Waals surface area contributed by atoms with E-state index in [1.165, 1.54) is 18.5 Å². The van der Waals surface area contributed by atoms with Gasteiger partial charge in [-0.3, -0.25) is 4.98 Å². The fourth-order valence-corrected chi connectivity index (χ4v) is 3.21. The molecule has 3 heteroatoms. The van der Waals surface area contributed by atoms with E-state index in [2.05, 4.69) is 55.9 Å². The Kier molecular flexibility index (Phi) is 3.83. The molecule has 3 unspecified atom stereocenters. The summed E-state index contributed by atoms with van der Waals surface area (Å²) in [5.74, 6) is 1.57. The van der Waals surface area contributed by atoms with Crippen LogP contribution in [0.3, 0.4) is 0 Å². The predicted molar refractivity (Wildman–Crippen MR) is 70.2 cm³/mol. The Morgan fingerprint density at radius 3 is 2.73 bits per heavy atom. The highest BCUT2D eigenvalue weighted by molar-refractivity contribution is 9.10. The largest absolute Gasteiger partial charge is 0.260 e. The summed E-state index contributed by atoms with van der Waals surface area (Å²) < 4.78 is 1.06. The van der Waals surface area contributed by atoms with Crippen molar-refractivity contribution in [2.45, 2.75) is 31.0 Å². The molecular formula is C12H15Br2N. The van der Waals surface area contributed by atoms with Crippen molar-refractivity contribution in [1.82, 2.24) is 4.98 Å². The molecule has 2 rings (SSSR count). The lowest BCUT2D eigenvalue weighted by Crippen LogP contribution is -2.13. The standard InChI is InChI=1S/C12H15Br2N/c1-8-9(2-5-12(8)14)6-11-4-3-10(13)7-15-11/h3-4,7-9,12H,2,5-6H2,1H3. The number of pyridine rings is 1. The number of hydrogen-bond acceptors (Lipinski definition) is 1. The summed E-state index contributed by atoms with van der Waals surface area (Å²) >= 11 is 7.15. The number of hydrogen-bond donors (Lipinski definition) is 0. The first-order valence-corrected chi connectivity index (χ1v) is 7.12. The van der Waals surface area contributed by atoms with Crippen molar-refractivity contribution in [1.29, 1.82) is 0 Å². The van der Waals surface area contributed by atoms with E-state index in [4.69, 9.17) is 0 Å². The zero-order valence-corrected chi connectivity index (χ0v) is 12.0. The quantitative estimate of drug-likeness (QED) is 0.740. The second-order valence-electron chi connectivity index (χ2n) is 4.38. The third-order valence-corrected chi connectivity index (χ3v) is 5.15. The molecule has 0 saturated heterocycles. The van der Waals surface area contributed by atoms with Gasteiger partial charge in [0.25, 0.3) is 0 Å². The van der Waals surface area contributed by atoms with Gasteiger partial charge < -0.3 is 0 Å². The molecule has 3 atom stereocenters. The molecule has 1 saturated carbocycles. The van der Waals surface area contributed by atoms with E-state index >= 15 is 0 Å². The summed E-state index contributed by atoms with van der Waals surface area (Å²) in [5.41, 5.74) is 1.22. The summed E-state index contributed by atoms with van der Waals surface area (Å²) in [5, 5.41) is 0. The third-order valence-electron chi connectivity index (χ3n) is 3.39. The van der Waals surface area contributed by atoms with Gasteiger partial charge in [-0.2, -0.15) is 0 Å². The molecule has 0 spiro atoms. The Balaban J connectivity index is 2.00. The summed E-state index contributed by atoms with van der Waals surface area (Å²) in [6.07, 6.45) is 5.65. The fraction of sp³-hybridized carbons (Fsp3) is 0.583. The van der Waals surface area contributed by atoms with Crippen molar-refractivity contribution in [3.63, 3.8) is 0 Å². The number of nitrogens with zero attached hydrogens (tertiary/aromatic N) is 1. The van der Waals surface area contributed by atoms with Gasteiger partial charge in [0.2, 0.25) is 0 Å². The number of alkyl halides is 1. The van der Waals surface area contributed by atoms with Gasteiger partial charge in [0.05, 0.1) is 0 Å². The Morgan fingerprint density at radius 2 is 2.20 bits per heavy atom. The smallest absolute Gasteiger partial charge is 0.0413 e. The van der Waals surface area contributed by atoms with E-state index in [1.807, 2.05) is 6.20 Å². The first-order valence-electron chi connectivity index (χ1n) is 5.41. The molecule has 1 aliphatic carbocycles. The molecule has 15 heavy (non-hydrogen) atoms. The molecule has 1 aromatic heterocycles. The van der Waals surface area contributed by atoms with Crippen molar-refractivity contribution in [3.05, 3.63) is 28.5 Å². The van der Waals surface area contributed by atoms with Gasteiger partial charge in [0.15, 0.2) is 0 Å². The fourth-order valence-electron chi connectivity index (χ4n) is 2.28. The van der Waals surface area contributed by atoms with Crippen molar-refractivity contribution >= 4 is 31.9 Å². The van der Waals surface area contributed by atoms with Crippen LogP contribution < -0.4 is 0 Å². The van der Waals surface area contributed by atoms with Gasteiger partial charge >= 0.3 is 0 Å². The maximum absolute atomic E-state index is 4.44. The Bertz CT molecular complexity index is 323. The van der Waals surface area contributed by atoms with E-state index in [0.29, 0.717) is 4.83 Å². The molecule has 1 fully saturated rings. The van der Waals surface area contributed by atoms with Crippen molar-refractivity contribution in [2.24, 2.45) is 11.8 Å². The summed E-state index contributed by atoms with van der Waals surface area (Å²) in [4.78, 5) is 5.15. The third kappa shape index (κ3) is 2.82. The van der Waals surface area contributed by atoms with Crippen LogP contribution in [0.5, 0.6) is 0 Å². The molecule has 1 aliphatic rings. The molecule has 0 bridgehead atoms. The van der Waals surface area contributed by atoms with Crippen LogP contribution in [-0.2, 0) is 6.42 Å². The zero-order chi connectivity index (χ0) is 10.8. The highest BCUT2D eigenvalue weighted by Gasteiger charge is 2.30. The second-order valence-corrected chi connectivity index (χ2v) is 6.48. The van der Waals surface area contributed by atoms with Crippen LogP contribution in [0.1, 0.15) is 25.5 Å². The molecule has 0 amide bonds. The number of aromatic nitrogens is 1. The van der Waals surface area contributed by atoms with Gasteiger partial charge in [-0.15, -0.1) is 0 Å². The Labute approximate surface area is 108 Å². The van der Waals surface area contributed by atoms with Crippen LogP contribution in [-0.4, -0.2) is 9.81 Å². The monoisotopic (exact) mass is 331 g/mol. The Morgan fingerprint density at radius 1 is 1.40 bits per heavy atom. The molecule has 0 aliphatic heterocycles. The zero-order valence-electron chi connectivity index (χ0n) is 8.79. The van der Waals surface area contributed by atoms with Crippen LogP contribution in [0, 0.1) is 11.8 Å². The predicted octanol–water partition coefficient (Wildman–Crippen LogP) is 4.20. The van der Waals surface area contributed by atoms with Crippen molar-refractivity contribution in [2.75, 3.05) is 0 Å². The Hall–Kier alpha value is 0.110. The summed E-state index contributed by atoms with van der Waals surface area (Å²) in [6, 6.07) is 4.20. The first kappa shape index (κ1) is 11.6. The number of halogens is 2. The molecule has 0 N–H and O–H groups in total. The molecule has 0 aromatic carbocycles. The van der Waals surface area contributed by atoms with Crippen LogP contribution in [0.25, 0.3) is 0 Å². The van der Waals surface area contributed by atoms with E-state index < -0.39 is 0 Å². The highest BCUT2D eigenvalue weighted by atomic mass is 79.9. The highest BCUT2D eigenvalue weighted by Crippen LogP contribution is 2.38. The lowest BCUT2D eigenvalue weighted by molar-refractivity contribution is 0.419. The average molecular weight is 333 g/mol. The van der Waals surface area contributed by atoms with Crippen LogP contribution in [0.4, 0.5) is 0 Å². The molecular weight excluding hydrogens is 318 g/mol. The van der Waals surface area contributed by atoms with Gasteiger partial charge in [-0.05, 0) is 59.2 Å². The summed E-state index contributed by atoms with van der Waals surface area (Å²) in [6.45, 7) is 2.34. The van der Waals surface area contributed by atoms with Gasteiger partial charge in [-0.25, -0.2) is 0 Å². The van der Waals surface area contributed by atoms with E-state index in [-0.39, 0.29) is 0 Å². The maximum atomic E-state index is 4.44. The number of rotatable bonds is 2. The normalized spacial score (nSPS) is 30.7. The maximum Gasteiger partial charge on any atom is 0.0413 e. The molecule has 82 valence electrons.